The monoisotopic (exact) mass is 283 g/mol. The van der Waals surface area contributed by atoms with Crippen molar-refractivity contribution in [1.82, 2.24) is 14.8 Å². The van der Waals surface area contributed by atoms with Crippen molar-refractivity contribution in [2.24, 2.45) is 17.8 Å². The van der Waals surface area contributed by atoms with E-state index in [1.165, 1.54) is 12.8 Å². The SMILES string of the molecule is CC(C)C1CCC(Cl)C(Cc2ncnn2C(C)C)C1. The zero-order chi connectivity index (χ0) is 14.0. The van der Waals surface area contributed by atoms with Crippen molar-refractivity contribution in [2.45, 2.75) is 64.8 Å². The molecule has 0 saturated heterocycles. The lowest BCUT2D eigenvalue weighted by Crippen LogP contribution is -2.30. The van der Waals surface area contributed by atoms with Crippen molar-refractivity contribution in [2.75, 3.05) is 0 Å². The molecule has 0 N–H and O–H groups in total. The second kappa shape index (κ2) is 6.25. The molecule has 108 valence electrons. The van der Waals surface area contributed by atoms with Crippen LogP contribution in [0, 0.1) is 17.8 Å². The summed E-state index contributed by atoms with van der Waals surface area (Å²) in [6.07, 6.45) is 6.29. The van der Waals surface area contributed by atoms with E-state index < -0.39 is 0 Å². The number of alkyl halides is 1. The Hall–Kier alpha value is -0.570. The summed E-state index contributed by atoms with van der Waals surface area (Å²) in [6.45, 7) is 8.95. The first-order valence-electron chi connectivity index (χ1n) is 7.51. The summed E-state index contributed by atoms with van der Waals surface area (Å²) < 4.78 is 2.03. The highest BCUT2D eigenvalue weighted by Gasteiger charge is 2.31. The normalized spacial score (nSPS) is 28.3. The van der Waals surface area contributed by atoms with Crippen LogP contribution in [0.15, 0.2) is 6.33 Å². The van der Waals surface area contributed by atoms with Gasteiger partial charge in [-0.1, -0.05) is 13.8 Å². The van der Waals surface area contributed by atoms with E-state index in [9.17, 15) is 0 Å². The van der Waals surface area contributed by atoms with Gasteiger partial charge in [0.2, 0.25) is 0 Å². The Morgan fingerprint density at radius 2 is 2.05 bits per heavy atom. The van der Waals surface area contributed by atoms with Crippen LogP contribution in [0.3, 0.4) is 0 Å². The molecule has 0 bridgehead atoms. The number of rotatable bonds is 4. The van der Waals surface area contributed by atoms with E-state index in [1.54, 1.807) is 6.33 Å². The first-order valence-corrected chi connectivity index (χ1v) is 7.95. The third kappa shape index (κ3) is 3.50. The van der Waals surface area contributed by atoms with Gasteiger partial charge in [0.25, 0.3) is 0 Å². The van der Waals surface area contributed by atoms with Gasteiger partial charge in [-0.3, -0.25) is 0 Å². The van der Waals surface area contributed by atoms with Gasteiger partial charge in [0, 0.05) is 17.8 Å². The third-order valence-electron chi connectivity index (χ3n) is 4.45. The molecule has 0 radical (unpaired) electrons. The lowest BCUT2D eigenvalue weighted by molar-refractivity contribution is 0.214. The van der Waals surface area contributed by atoms with Gasteiger partial charge in [-0.25, -0.2) is 9.67 Å². The van der Waals surface area contributed by atoms with Gasteiger partial charge >= 0.3 is 0 Å². The van der Waals surface area contributed by atoms with Crippen LogP contribution in [0.2, 0.25) is 0 Å². The Morgan fingerprint density at radius 3 is 2.68 bits per heavy atom. The van der Waals surface area contributed by atoms with Crippen LogP contribution in [0.1, 0.15) is 58.8 Å². The minimum atomic E-state index is 0.298. The topological polar surface area (TPSA) is 30.7 Å². The van der Waals surface area contributed by atoms with Crippen LogP contribution >= 0.6 is 11.6 Å². The highest BCUT2D eigenvalue weighted by atomic mass is 35.5. The van der Waals surface area contributed by atoms with Gasteiger partial charge in [-0.05, 0) is 50.9 Å². The van der Waals surface area contributed by atoms with Gasteiger partial charge < -0.3 is 0 Å². The number of hydrogen-bond donors (Lipinski definition) is 0. The molecule has 3 atom stereocenters. The van der Waals surface area contributed by atoms with Crippen molar-refractivity contribution in [1.29, 1.82) is 0 Å². The van der Waals surface area contributed by atoms with Crippen molar-refractivity contribution in [3.63, 3.8) is 0 Å². The summed E-state index contributed by atoms with van der Waals surface area (Å²) in [5.41, 5.74) is 0. The molecule has 1 aliphatic carbocycles. The summed E-state index contributed by atoms with van der Waals surface area (Å²) in [6, 6.07) is 0.371. The second-order valence-electron chi connectivity index (χ2n) is 6.51. The molecule has 3 nitrogen and oxygen atoms in total. The molecule has 0 aliphatic heterocycles. The van der Waals surface area contributed by atoms with Gasteiger partial charge in [-0.2, -0.15) is 5.10 Å². The summed E-state index contributed by atoms with van der Waals surface area (Å²) in [5.74, 6) is 3.21. The Labute approximate surface area is 121 Å². The Balaban J connectivity index is 2.06. The summed E-state index contributed by atoms with van der Waals surface area (Å²) >= 11 is 6.54. The minimum Gasteiger partial charge on any atom is -0.248 e. The lowest BCUT2D eigenvalue weighted by Gasteiger charge is -2.35. The average Bonchev–Trinajstić information content (AvgIpc) is 2.80. The molecule has 0 aromatic carbocycles. The Morgan fingerprint density at radius 1 is 1.32 bits per heavy atom. The van der Waals surface area contributed by atoms with Crippen LogP contribution in [0.4, 0.5) is 0 Å². The van der Waals surface area contributed by atoms with Crippen LogP contribution in [-0.2, 0) is 6.42 Å². The van der Waals surface area contributed by atoms with Crippen molar-refractivity contribution < 1.29 is 0 Å². The zero-order valence-corrected chi connectivity index (χ0v) is 13.3. The van der Waals surface area contributed by atoms with Crippen molar-refractivity contribution in [3.8, 4) is 0 Å². The maximum atomic E-state index is 6.54. The molecule has 0 spiro atoms. The molecule has 4 heteroatoms. The fourth-order valence-corrected chi connectivity index (χ4v) is 3.48. The van der Waals surface area contributed by atoms with E-state index in [-0.39, 0.29) is 0 Å². The molecule has 19 heavy (non-hydrogen) atoms. The zero-order valence-electron chi connectivity index (χ0n) is 12.5. The third-order valence-corrected chi connectivity index (χ3v) is 5.03. The maximum Gasteiger partial charge on any atom is 0.138 e. The standard InChI is InChI=1S/C15H26ClN3/c1-10(2)12-5-6-14(16)13(7-12)8-15-17-9-18-19(15)11(3)4/h9-14H,5-8H2,1-4H3. The lowest BCUT2D eigenvalue weighted by atomic mass is 9.75. The molecular weight excluding hydrogens is 258 g/mol. The first-order chi connectivity index (χ1) is 8.99. The first kappa shape index (κ1) is 14.8. The molecule has 0 amide bonds. The highest BCUT2D eigenvalue weighted by Crippen LogP contribution is 2.38. The van der Waals surface area contributed by atoms with E-state index in [2.05, 4.69) is 37.8 Å². The minimum absolute atomic E-state index is 0.298. The fourth-order valence-electron chi connectivity index (χ4n) is 3.17. The molecule has 1 heterocycles. The van der Waals surface area contributed by atoms with E-state index in [0.717, 1.165) is 30.5 Å². The van der Waals surface area contributed by atoms with E-state index in [1.807, 2.05) is 4.68 Å². The van der Waals surface area contributed by atoms with Gasteiger partial charge in [0.15, 0.2) is 0 Å². The van der Waals surface area contributed by atoms with Gasteiger partial charge in [0.1, 0.15) is 12.2 Å². The smallest absolute Gasteiger partial charge is 0.138 e. The quantitative estimate of drug-likeness (QED) is 0.780. The van der Waals surface area contributed by atoms with Gasteiger partial charge in [-0.15, -0.1) is 11.6 Å². The predicted molar refractivity (Wildman–Crippen MR) is 79.4 cm³/mol. The Bertz CT molecular complexity index is 400. The molecule has 1 saturated carbocycles. The number of hydrogen-bond acceptors (Lipinski definition) is 2. The number of nitrogens with zero attached hydrogens (tertiary/aromatic N) is 3. The number of aromatic nitrogens is 3. The molecule has 1 aromatic heterocycles. The van der Waals surface area contributed by atoms with Crippen LogP contribution in [0.25, 0.3) is 0 Å². The molecule has 3 unspecified atom stereocenters. The van der Waals surface area contributed by atoms with Crippen LogP contribution < -0.4 is 0 Å². The van der Waals surface area contributed by atoms with Crippen LogP contribution in [0.5, 0.6) is 0 Å². The van der Waals surface area contributed by atoms with E-state index in [4.69, 9.17) is 11.6 Å². The predicted octanol–water partition coefficient (Wildman–Crippen LogP) is 4.08. The van der Waals surface area contributed by atoms with E-state index >= 15 is 0 Å². The number of halogens is 1. The summed E-state index contributed by atoms with van der Waals surface area (Å²) in [7, 11) is 0. The van der Waals surface area contributed by atoms with Crippen molar-refractivity contribution in [3.05, 3.63) is 12.2 Å². The van der Waals surface area contributed by atoms with Crippen molar-refractivity contribution >= 4 is 11.6 Å². The fraction of sp³-hybridized carbons (Fsp3) is 0.867. The average molecular weight is 284 g/mol. The largest absolute Gasteiger partial charge is 0.248 e. The summed E-state index contributed by atoms with van der Waals surface area (Å²) in [4.78, 5) is 4.43. The maximum absolute atomic E-state index is 6.54. The Kier molecular flexibility index (Phi) is 4.88. The molecule has 1 fully saturated rings. The molecule has 1 aliphatic rings. The van der Waals surface area contributed by atoms with Crippen LogP contribution in [-0.4, -0.2) is 20.1 Å². The van der Waals surface area contributed by atoms with Gasteiger partial charge in [0.05, 0.1) is 0 Å². The van der Waals surface area contributed by atoms with E-state index in [0.29, 0.717) is 17.3 Å². The molecular formula is C15H26ClN3. The summed E-state index contributed by atoms with van der Waals surface area (Å²) in [5, 5.41) is 4.62. The molecule has 1 aromatic rings. The second-order valence-corrected chi connectivity index (χ2v) is 7.07. The molecule has 2 rings (SSSR count). The highest BCUT2D eigenvalue weighted by molar-refractivity contribution is 6.20.